The van der Waals surface area contributed by atoms with Gasteiger partial charge in [0, 0.05) is 5.02 Å². The Hall–Kier alpha value is -1.28. The third-order valence-corrected chi connectivity index (χ3v) is 2.58. The Kier molecular flexibility index (Phi) is 4.56. The van der Waals surface area contributed by atoms with Crippen molar-refractivity contribution >= 4 is 23.6 Å². The Balaban J connectivity index is 2.72. The van der Waals surface area contributed by atoms with Crippen LogP contribution < -0.4 is 0 Å². The number of hydrogen-bond donors (Lipinski definition) is 1. The minimum atomic E-state index is -0.785. The molecular weight excluding hydrogens is 224 g/mol. The first-order chi connectivity index (χ1) is 7.49. The van der Waals surface area contributed by atoms with Gasteiger partial charge in [-0.15, -0.1) is 0 Å². The van der Waals surface area contributed by atoms with Crippen LogP contribution in [0.15, 0.2) is 24.3 Å². The van der Waals surface area contributed by atoms with Gasteiger partial charge in [0.2, 0.25) is 0 Å². The molecule has 1 N–H and O–H groups in total. The molecule has 0 saturated carbocycles. The van der Waals surface area contributed by atoms with Crippen LogP contribution in [-0.2, 0) is 4.79 Å². The first-order valence-corrected chi connectivity index (χ1v) is 5.53. The predicted molar refractivity (Wildman–Crippen MR) is 66.6 cm³/mol. The molecule has 16 heavy (non-hydrogen) atoms. The Bertz CT molecular complexity index is 410. The number of allylic oxidation sites excluding steroid dienone is 1. The van der Waals surface area contributed by atoms with Gasteiger partial charge in [-0.2, -0.15) is 0 Å². The van der Waals surface area contributed by atoms with E-state index in [0.717, 1.165) is 11.1 Å². The largest absolute Gasteiger partial charge is 0.481 e. The molecule has 0 aliphatic heterocycles. The highest BCUT2D eigenvalue weighted by Crippen LogP contribution is 2.20. The smallest absolute Gasteiger partial charge is 0.303 e. The molecule has 0 bridgehead atoms. The fourth-order valence-corrected chi connectivity index (χ4v) is 1.68. The molecular formula is C13H15ClO2. The van der Waals surface area contributed by atoms with Gasteiger partial charge in [-0.25, -0.2) is 0 Å². The number of aliphatic carboxylic acids is 1. The summed E-state index contributed by atoms with van der Waals surface area (Å²) in [7, 11) is 0. The van der Waals surface area contributed by atoms with Gasteiger partial charge in [-0.05, 0) is 30.0 Å². The molecule has 3 heteroatoms. The Morgan fingerprint density at radius 1 is 1.56 bits per heavy atom. The van der Waals surface area contributed by atoms with Gasteiger partial charge in [-0.3, -0.25) is 4.79 Å². The Labute approximate surface area is 101 Å². The van der Waals surface area contributed by atoms with Gasteiger partial charge in [0.25, 0.3) is 0 Å². The molecule has 0 aliphatic carbocycles. The molecule has 0 spiro atoms. The molecule has 1 aromatic carbocycles. The van der Waals surface area contributed by atoms with E-state index in [1.807, 2.05) is 44.2 Å². The summed E-state index contributed by atoms with van der Waals surface area (Å²) in [6.45, 7) is 3.85. The zero-order valence-electron chi connectivity index (χ0n) is 9.40. The SMILES string of the molecule is Cc1ccc(C=CC(C)CC(=O)O)c(Cl)c1. The summed E-state index contributed by atoms with van der Waals surface area (Å²) in [6.07, 6.45) is 3.88. The average Bonchev–Trinajstić information content (AvgIpc) is 2.15. The third-order valence-electron chi connectivity index (χ3n) is 2.26. The number of carbonyl (C=O) groups is 1. The monoisotopic (exact) mass is 238 g/mol. The minimum absolute atomic E-state index is 0.00914. The van der Waals surface area contributed by atoms with Crippen LogP contribution in [0.3, 0.4) is 0 Å². The van der Waals surface area contributed by atoms with Crippen LogP contribution in [0.4, 0.5) is 0 Å². The Morgan fingerprint density at radius 2 is 2.25 bits per heavy atom. The van der Waals surface area contributed by atoms with Crippen molar-refractivity contribution in [3.63, 3.8) is 0 Å². The van der Waals surface area contributed by atoms with Crippen LogP contribution in [0.2, 0.25) is 5.02 Å². The fourth-order valence-electron chi connectivity index (χ4n) is 1.38. The van der Waals surface area contributed by atoms with Crippen molar-refractivity contribution in [3.8, 4) is 0 Å². The molecule has 2 nitrogen and oxygen atoms in total. The first kappa shape index (κ1) is 12.8. The summed E-state index contributed by atoms with van der Waals surface area (Å²) >= 11 is 6.05. The lowest BCUT2D eigenvalue weighted by molar-refractivity contribution is -0.137. The van der Waals surface area contributed by atoms with Crippen LogP contribution >= 0.6 is 11.6 Å². The molecule has 1 aromatic rings. The van der Waals surface area contributed by atoms with E-state index in [-0.39, 0.29) is 12.3 Å². The zero-order valence-corrected chi connectivity index (χ0v) is 10.2. The van der Waals surface area contributed by atoms with E-state index >= 15 is 0 Å². The highest BCUT2D eigenvalue weighted by atomic mass is 35.5. The maximum absolute atomic E-state index is 10.5. The second-order valence-electron chi connectivity index (χ2n) is 3.96. The maximum Gasteiger partial charge on any atom is 0.303 e. The van der Waals surface area contributed by atoms with E-state index in [4.69, 9.17) is 16.7 Å². The molecule has 0 aliphatic rings. The molecule has 0 heterocycles. The molecule has 0 amide bonds. The van der Waals surface area contributed by atoms with Crippen molar-refractivity contribution < 1.29 is 9.90 Å². The van der Waals surface area contributed by atoms with E-state index < -0.39 is 5.97 Å². The maximum atomic E-state index is 10.5. The van der Waals surface area contributed by atoms with E-state index in [9.17, 15) is 4.79 Å². The summed E-state index contributed by atoms with van der Waals surface area (Å²) in [4.78, 5) is 10.5. The quantitative estimate of drug-likeness (QED) is 0.867. The van der Waals surface area contributed by atoms with Crippen molar-refractivity contribution in [1.82, 2.24) is 0 Å². The highest BCUT2D eigenvalue weighted by molar-refractivity contribution is 6.32. The Morgan fingerprint density at radius 3 is 2.81 bits per heavy atom. The van der Waals surface area contributed by atoms with Gasteiger partial charge in [0.05, 0.1) is 6.42 Å². The van der Waals surface area contributed by atoms with Gasteiger partial charge in [-0.1, -0.05) is 42.8 Å². The van der Waals surface area contributed by atoms with Gasteiger partial charge in [0.1, 0.15) is 0 Å². The van der Waals surface area contributed by atoms with Crippen molar-refractivity contribution in [3.05, 3.63) is 40.4 Å². The lowest BCUT2D eigenvalue weighted by Gasteiger charge is -2.03. The van der Waals surface area contributed by atoms with E-state index in [0.29, 0.717) is 5.02 Å². The number of hydrogen-bond acceptors (Lipinski definition) is 1. The predicted octanol–water partition coefficient (Wildman–Crippen LogP) is 3.77. The second kappa shape index (κ2) is 5.71. The zero-order chi connectivity index (χ0) is 12.1. The number of rotatable bonds is 4. The summed E-state index contributed by atoms with van der Waals surface area (Å²) in [5, 5.41) is 9.31. The van der Waals surface area contributed by atoms with Gasteiger partial charge >= 0.3 is 5.97 Å². The normalized spacial score (nSPS) is 12.9. The summed E-state index contributed by atoms with van der Waals surface area (Å²) < 4.78 is 0. The summed E-state index contributed by atoms with van der Waals surface area (Å²) in [5.74, 6) is -0.776. The van der Waals surface area contributed by atoms with E-state index in [1.165, 1.54) is 0 Å². The van der Waals surface area contributed by atoms with Crippen molar-refractivity contribution in [1.29, 1.82) is 0 Å². The third kappa shape index (κ3) is 4.07. The molecule has 0 radical (unpaired) electrons. The number of halogens is 1. The number of aryl methyl sites for hydroxylation is 1. The van der Waals surface area contributed by atoms with Crippen LogP contribution in [0.1, 0.15) is 24.5 Å². The van der Waals surface area contributed by atoms with Crippen molar-refractivity contribution in [2.24, 2.45) is 5.92 Å². The fraction of sp³-hybridized carbons (Fsp3) is 0.308. The number of benzene rings is 1. The molecule has 0 saturated heterocycles. The number of carboxylic acid groups (broad SMARTS) is 1. The standard InChI is InChI=1S/C13H15ClO2/c1-9-3-5-11(12(14)7-9)6-4-10(2)8-13(15)16/h3-7,10H,8H2,1-2H3,(H,15,16). The van der Waals surface area contributed by atoms with E-state index in [2.05, 4.69) is 0 Å². The first-order valence-electron chi connectivity index (χ1n) is 5.15. The topological polar surface area (TPSA) is 37.3 Å². The summed E-state index contributed by atoms with van der Waals surface area (Å²) in [5.41, 5.74) is 2.03. The lowest BCUT2D eigenvalue weighted by Crippen LogP contribution is -2.00. The van der Waals surface area contributed by atoms with Gasteiger partial charge < -0.3 is 5.11 Å². The molecule has 1 atom stereocenters. The minimum Gasteiger partial charge on any atom is -0.481 e. The lowest BCUT2D eigenvalue weighted by atomic mass is 10.1. The molecule has 0 aromatic heterocycles. The number of carboxylic acids is 1. The van der Waals surface area contributed by atoms with Crippen LogP contribution in [0, 0.1) is 12.8 Å². The van der Waals surface area contributed by atoms with Crippen LogP contribution in [-0.4, -0.2) is 11.1 Å². The summed E-state index contributed by atoms with van der Waals surface area (Å²) in [6, 6.07) is 5.80. The molecule has 1 rings (SSSR count). The van der Waals surface area contributed by atoms with E-state index in [1.54, 1.807) is 0 Å². The molecule has 86 valence electrons. The molecule has 0 fully saturated rings. The van der Waals surface area contributed by atoms with Crippen molar-refractivity contribution in [2.75, 3.05) is 0 Å². The highest BCUT2D eigenvalue weighted by Gasteiger charge is 2.03. The average molecular weight is 239 g/mol. The second-order valence-corrected chi connectivity index (χ2v) is 4.37. The van der Waals surface area contributed by atoms with Crippen LogP contribution in [0.25, 0.3) is 6.08 Å². The van der Waals surface area contributed by atoms with Crippen LogP contribution in [0.5, 0.6) is 0 Å². The van der Waals surface area contributed by atoms with Crippen molar-refractivity contribution in [2.45, 2.75) is 20.3 Å². The molecule has 1 unspecified atom stereocenters. The van der Waals surface area contributed by atoms with Gasteiger partial charge in [0.15, 0.2) is 0 Å².